The van der Waals surface area contributed by atoms with Gasteiger partial charge in [-0.05, 0) is 48.7 Å². The number of fused-ring (bicyclic) bond motifs is 1. The first-order valence-corrected chi connectivity index (χ1v) is 6.89. The average Bonchev–Trinajstić information content (AvgIpc) is 2.92. The van der Waals surface area contributed by atoms with Gasteiger partial charge in [0, 0.05) is 24.7 Å². The third-order valence-electron chi connectivity index (χ3n) is 4.11. The number of rotatable bonds is 3. The SMILES string of the molecule is COc1ccc(Cl)c(CN2C[C@H]3CNC[C@H]3C2)c1.Cl. The molecule has 0 saturated carbocycles. The molecule has 2 aliphatic rings. The van der Waals surface area contributed by atoms with E-state index in [2.05, 4.69) is 16.3 Å². The number of likely N-dealkylation sites (tertiary alicyclic amines) is 1. The minimum absolute atomic E-state index is 0. The Balaban J connectivity index is 0.00000133. The molecule has 19 heavy (non-hydrogen) atoms. The van der Waals surface area contributed by atoms with Gasteiger partial charge in [0.1, 0.15) is 5.75 Å². The molecule has 2 atom stereocenters. The Labute approximate surface area is 125 Å². The van der Waals surface area contributed by atoms with E-state index in [9.17, 15) is 0 Å². The van der Waals surface area contributed by atoms with E-state index >= 15 is 0 Å². The largest absolute Gasteiger partial charge is 0.497 e. The van der Waals surface area contributed by atoms with E-state index in [0.29, 0.717) is 0 Å². The van der Waals surface area contributed by atoms with Gasteiger partial charge in [0.15, 0.2) is 0 Å². The molecule has 1 N–H and O–H groups in total. The van der Waals surface area contributed by atoms with Gasteiger partial charge < -0.3 is 10.1 Å². The number of hydrogen-bond acceptors (Lipinski definition) is 3. The first-order chi connectivity index (χ1) is 8.76. The maximum Gasteiger partial charge on any atom is 0.119 e. The summed E-state index contributed by atoms with van der Waals surface area (Å²) in [6, 6.07) is 5.89. The van der Waals surface area contributed by atoms with Crippen molar-refractivity contribution in [3.63, 3.8) is 0 Å². The van der Waals surface area contributed by atoms with Crippen LogP contribution in [-0.4, -0.2) is 38.2 Å². The van der Waals surface area contributed by atoms with Crippen molar-refractivity contribution in [3.8, 4) is 5.75 Å². The van der Waals surface area contributed by atoms with Crippen molar-refractivity contribution in [2.45, 2.75) is 6.54 Å². The van der Waals surface area contributed by atoms with E-state index < -0.39 is 0 Å². The molecule has 106 valence electrons. The van der Waals surface area contributed by atoms with Crippen LogP contribution in [0.1, 0.15) is 5.56 Å². The van der Waals surface area contributed by atoms with Crippen molar-refractivity contribution in [3.05, 3.63) is 28.8 Å². The lowest BCUT2D eigenvalue weighted by atomic mass is 10.0. The minimum atomic E-state index is 0. The van der Waals surface area contributed by atoms with Crippen LogP contribution in [0, 0.1) is 11.8 Å². The van der Waals surface area contributed by atoms with Gasteiger partial charge in [-0.1, -0.05) is 11.6 Å². The highest BCUT2D eigenvalue weighted by atomic mass is 35.5. The van der Waals surface area contributed by atoms with Gasteiger partial charge in [-0.3, -0.25) is 4.90 Å². The van der Waals surface area contributed by atoms with Crippen molar-refractivity contribution in [1.82, 2.24) is 10.2 Å². The Bertz CT molecular complexity index is 429. The average molecular weight is 303 g/mol. The second-order valence-electron chi connectivity index (χ2n) is 5.33. The van der Waals surface area contributed by atoms with Gasteiger partial charge in [0.05, 0.1) is 7.11 Å². The number of nitrogens with zero attached hydrogens (tertiary/aromatic N) is 1. The standard InChI is InChI=1S/C14H19ClN2O.ClH/c1-18-13-2-3-14(15)10(4-13)7-17-8-11-5-16-6-12(11)9-17;/h2-4,11-12,16H,5-9H2,1H3;1H/t11-,12+;. The van der Waals surface area contributed by atoms with Crippen LogP contribution in [0.25, 0.3) is 0 Å². The first kappa shape index (κ1) is 14.9. The zero-order chi connectivity index (χ0) is 12.5. The zero-order valence-corrected chi connectivity index (χ0v) is 12.6. The highest BCUT2D eigenvalue weighted by Crippen LogP contribution is 2.30. The molecule has 0 unspecified atom stereocenters. The zero-order valence-electron chi connectivity index (χ0n) is 11.1. The Morgan fingerprint density at radius 1 is 1.32 bits per heavy atom. The predicted molar refractivity (Wildman–Crippen MR) is 80.4 cm³/mol. The van der Waals surface area contributed by atoms with Gasteiger partial charge in [-0.15, -0.1) is 12.4 Å². The number of halogens is 2. The molecular formula is C14H20Cl2N2O. The fraction of sp³-hybridized carbons (Fsp3) is 0.571. The van der Waals surface area contributed by atoms with Crippen LogP contribution in [0.4, 0.5) is 0 Å². The molecule has 1 aromatic rings. The topological polar surface area (TPSA) is 24.5 Å². The summed E-state index contributed by atoms with van der Waals surface area (Å²) >= 11 is 6.26. The summed E-state index contributed by atoms with van der Waals surface area (Å²) in [5.74, 6) is 2.54. The van der Waals surface area contributed by atoms with Gasteiger partial charge in [0.2, 0.25) is 0 Å². The summed E-state index contributed by atoms with van der Waals surface area (Å²) < 4.78 is 5.26. The summed E-state index contributed by atoms with van der Waals surface area (Å²) in [6.45, 7) is 5.65. The van der Waals surface area contributed by atoms with Gasteiger partial charge in [0.25, 0.3) is 0 Å². The highest BCUT2D eigenvalue weighted by Gasteiger charge is 2.35. The quantitative estimate of drug-likeness (QED) is 0.928. The van der Waals surface area contributed by atoms with Crippen molar-refractivity contribution < 1.29 is 4.74 Å². The van der Waals surface area contributed by atoms with Crippen LogP contribution in [0.15, 0.2) is 18.2 Å². The molecule has 3 nitrogen and oxygen atoms in total. The lowest BCUT2D eigenvalue weighted by Crippen LogP contribution is -2.25. The van der Waals surface area contributed by atoms with Crippen molar-refractivity contribution in [2.24, 2.45) is 11.8 Å². The molecule has 0 amide bonds. The van der Waals surface area contributed by atoms with E-state index in [0.717, 1.165) is 29.2 Å². The van der Waals surface area contributed by atoms with E-state index in [1.54, 1.807) is 7.11 Å². The fourth-order valence-electron chi connectivity index (χ4n) is 3.12. The number of nitrogens with one attached hydrogen (secondary N) is 1. The summed E-state index contributed by atoms with van der Waals surface area (Å²) in [5, 5.41) is 4.30. The molecule has 0 bridgehead atoms. The van der Waals surface area contributed by atoms with E-state index in [1.807, 2.05) is 12.1 Å². The second kappa shape index (κ2) is 6.31. The Morgan fingerprint density at radius 2 is 2.00 bits per heavy atom. The van der Waals surface area contributed by atoms with Crippen molar-refractivity contribution >= 4 is 24.0 Å². The van der Waals surface area contributed by atoms with E-state index in [-0.39, 0.29) is 12.4 Å². The Kier molecular flexibility index (Phi) is 4.96. The second-order valence-corrected chi connectivity index (χ2v) is 5.74. The van der Waals surface area contributed by atoms with Crippen LogP contribution < -0.4 is 10.1 Å². The summed E-state index contributed by atoms with van der Waals surface area (Å²) in [4.78, 5) is 2.51. The highest BCUT2D eigenvalue weighted by molar-refractivity contribution is 6.31. The fourth-order valence-corrected chi connectivity index (χ4v) is 3.30. The first-order valence-electron chi connectivity index (χ1n) is 6.52. The smallest absolute Gasteiger partial charge is 0.119 e. The van der Waals surface area contributed by atoms with Crippen molar-refractivity contribution in [2.75, 3.05) is 33.3 Å². The summed E-state index contributed by atoms with van der Waals surface area (Å²) in [7, 11) is 1.69. The van der Waals surface area contributed by atoms with Crippen molar-refractivity contribution in [1.29, 1.82) is 0 Å². The Morgan fingerprint density at radius 3 is 2.63 bits per heavy atom. The monoisotopic (exact) mass is 302 g/mol. The lowest BCUT2D eigenvalue weighted by Gasteiger charge is -2.18. The molecule has 2 heterocycles. The van der Waals surface area contributed by atoms with Gasteiger partial charge in [-0.2, -0.15) is 0 Å². The molecular weight excluding hydrogens is 283 g/mol. The predicted octanol–water partition coefficient (Wildman–Crippen LogP) is 2.42. The number of hydrogen-bond donors (Lipinski definition) is 1. The molecule has 0 aromatic heterocycles. The molecule has 2 aliphatic heterocycles. The molecule has 0 aliphatic carbocycles. The van der Waals surface area contributed by atoms with Crippen LogP contribution in [0.2, 0.25) is 5.02 Å². The molecule has 2 fully saturated rings. The van der Waals surface area contributed by atoms with Gasteiger partial charge in [-0.25, -0.2) is 0 Å². The molecule has 5 heteroatoms. The number of ether oxygens (including phenoxy) is 1. The van der Waals surface area contributed by atoms with E-state index in [1.165, 1.54) is 31.7 Å². The summed E-state index contributed by atoms with van der Waals surface area (Å²) in [5.41, 5.74) is 1.17. The Hall–Kier alpha value is -0.480. The maximum absolute atomic E-state index is 6.26. The normalized spacial score (nSPS) is 26.0. The molecule has 2 saturated heterocycles. The summed E-state index contributed by atoms with van der Waals surface area (Å²) in [6.07, 6.45) is 0. The van der Waals surface area contributed by atoms with Crippen LogP contribution in [0.5, 0.6) is 5.75 Å². The van der Waals surface area contributed by atoms with Crippen LogP contribution in [0.3, 0.4) is 0 Å². The molecule has 0 spiro atoms. The number of benzene rings is 1. The molecule has 3 rings (SSSR count). The minimum Gasteiger partial charge on any atom is -0.497 e. The maximum atomic E-state index is 6.26. The third-order valence-corrected chi connectivity index (χ3v) is 4.48. The van der Waals surface area contributed by atoms with Crippen LogP contribution >= 0.6 is 24.0 Å². The van der Waals surface area contributed by atoms with E-state index in [4.69, 9.17) is 16.3 Å². The van der Waals surface area contributed by atoms with Gasteiger partial charge >= 0.3 is 0 Å². The molecule has 1 aromatic carbocycles. The molecule has 0 radical (unpaired) electrons. The lowest BCUT2D eigenvalue weighted by molar-refractivity contribution is 0.305. The third kappa shape index (κ3) is 3.16. The number of methoxy groups -OCH3 is 1. The van der Waals surface area contributed by atoms with Crippen LogP contribution in [-0.2, 0) is 6.54 Å².